The molecule has 0 aromatic heterocycles. The summed E-state index contributed by atoms with van der Waals surface area (Å²) in [4.78, 5) is 31.1. The first-order valence-corrected chi connectivity index (χ1v) is 6.03. The molecule has 0 saturated carbocycles. The summed E-state index contributed by atoms with van der Waals surface area (Å²) in [6.07, 6.45) is 0.833. The molecule has 0 aliphatic heterocycles. The van der Waals surface area contributed by atoms with Gasteiger partial charge in [-0.2, -0.15) is 0 Å². The van der Waals surface area contributed by atoms with Crippen LogP contribution in [0.15, 0.2) is 48.5 Å². The van der Waals surface area contributed by atoms with Gasteiger partial charge in [-0.05, 0) is 24.6 Å². The van der Waals surface area contributed by atoms with Crippen molar-refractivity contribution in [2.24, 2.45) is 0 Å². The molecule has 5 nitrogen and oxygen atoms in total. The normalized spacial score (nSPS) is 9.19. The number of aldehydes is 1. The molecule has 0 aliphatic rings. The van der Waals surface area contributed by atoms with Crippen molar-refractivity contribution in [1.82, 2.24) is 0 Å². The summed E-state index contributed by atoms with van der Waals surface area (Å²) >= 11 is 0. The van der Waals surface area contributed by atoms with E-state index >= 15 is 0 Å². The Kier molecular flexibility index (Phi) is 5.82. The Morgan fingerprint density at radius 3 is 2.00 bits per heavy atom. The molecule has 2 aromatic carbocycles. The number of carbonyl (C=O) groups is 3. The van der Waals surface area contributed by atoms with Gasteiger partial charge in [0.15, 0.2) is 0 Å². The van der Waals surface area contributed by atoms with Gasteiger partial charge in [0.2, 0.25) is 0 Å². The highest BCUT2D eigenvalue weighted by Crippen LogP contribution is 2.11. The molecule has 0 amide bonds. The summed E-state index contributed by atoms with van der Waals surface area (Å²) in [5.74, 6) is -2.23. The van der Waals surface area contributed by atoms with Crippen LogP contribution in [0.2, 0.25) is 0 Å². The molecule has 2 rings (SSSR count). The molecule has 0 atom stereocenters. The summed E-state index contributed by atoms with van der Waals surface area (Å²) in [6, 6.07) is 13.1. The molecule has 21 heavy (non-hydrogen) atoms. The third kappa shape index (κ3) is 4.91. The van der Waals surface area contributed by atoms with Crippen molar-refractivity contribution in [3.05, 3.63) is 70.8 Å². The van der Waals surface area contributed by atoms with E-state index in [1.165, 1.54) is 12.1 Å². The molecule has 0 saturated heterocycles. The first-order chi connectivity index (χ1) is 9.95. The molecule has 0 heterocycles. The maximum Gasteiger partial charge on any atom is 0.335 e. The van der Waals surface area contributed by atoms with Gasteiger partial charge in [0, 0.05) is 5.56 Å². The summed E-state index contributed by atoms with van der Waals surface area (Å²) in [7, 11) is 0. The second kappa shape index (κ2) is 7.59. The van der Waals surface area contributed by atoms with Crippen LogP contribution in [0, 0.1) is 6.92 Å². The molecular formula is C16H14O5. The van der Waals surface area contributed by atoms with E-state index in [0.29, 0.717) is 5.56 Å². The molecule has 0 radical (unpaired) electrons. The van der Waals surface area contributed by atoms with Gasteiger partial charge in [0.1, 0.15) is 6.29 Å². The summed E-state index contributed by atoms with van der Waals surface area (Å²) in [6.45, 7) is 1.62. The Bertz CT molecular complexity index is 647. The standard InChI is InChI=1S/C9H8O4.C7H6O/c1-5-2-3-6(8(10)11)4-7(5)9(12)13;8-6-7-4-2-1-3-5-7/h2-4H,1H3,(H,10,11)(H,12,13);1-6H. The van der Waals surface area contributed by atoms with Gasteiger partial charge < -0.3 is 10.2 Å². The largest absolute Gasteiger partial charge is 0.478 e. The van der Waals surface area contributed by atoms with Gasteiger partial charge in [0.25, 0.3) is 0 Å². The van der Waals surface area contributed by atoms with Crippen molar-refractivity contribution < 1.29 is 24.6 Å². The van der Waals surface area contributed by atoms with Crippen molar-refractivity contribution >= 4 is 18.2 Å². The van der Waals surface area contributed by atoms with Crippen molar-refractivity contribution in [1.29, 1.82) is 0 Å². The summed E-state index contributed by atoms with van der Waals surface area (Å²) in [5, 5.41) is 17.3. The number of carboxylic acid groups (broad SMARTS) is 2. The van der Waals surface area contributed by atoms with E-state index < -0.39 is 11.9 Å². The van der Waals surface area contributed by atoms with Crippen LogP contribution in [0.5, 0.6) is 0 Å². The fourth-order valence-electron chi connectivity index (χ4n) is 1.52. The van der Waals surface area contributed by atoms with Gasteiger partial charge in [-0.15, -0.1) is 0 Å². The Balaban J connectivity index is 0.000000235. The van der Waals surface area contributed by atoms with Gasteiger partial charge in [-0.3, -0.25) is 4.79 Å². The van der Waals surface area contributed by atoms with Crippen molar-refractivity contribution in [2.75, 3.05) is 0 Å². The second-order valence-electron chi connectivity index (χ2n) is 4.17. The first kappa shape index (κ1) is 16.1. The minimum absolute atomic E-state index is 0.0111. The van der Waals surface area contributed by atoms with E-state index in [4.69, 9.17) is 10.2 Å². The molecule has 0 aliphatic carbocycles. The van der Waals surface area contributed by atoms with Crippen molar-refractivity contribution in [2.45, 2.75) is 6.92 Å². The number of rotatable bonds is 3. The van der Waals surface area contributed by atoms with E-state index in [-0.39, 0.29) is 11.1 Å². The van der Waals surface area contributed by atoms with Gasteiger partial charge in [-0.25, -0.2) is 9.59 Å². The maximum atomic E-state index is 10.6. The third-order valence-electron chi connectivity index (χ3n) is 2.65. The number of carboxylic acids is 2. The van der Waals surface area contributed by atoms with Gasteiger partial charge in [0.05, 0.1) is 11.1 Å². The molecule has 108 valence electrons. The number of carbonyl (C=O) groups excluding carboxylic acids is 1. The SMILES string of the molecule is Cc1ccc(C(=O)O)cc1C(=O)O.O=Cc1ccccc1. The quantitative estimate of drug-likeness (QED) is 0.846. The number of benzene rings is 2. The molecule has 0 fully saturated rings. The van der Waals surface area contributed by atoms with Crippen LogP contribution in [0.25, 0.3) is 0 Å². The topological polar surface area (TPSA) is 91.7 Å². The molecule has 2 aromatic rings. The van der Waals surface area contributed by atoms with Crippen LogP contribution in [-0.4, -0.2) is 28.4 Å². The average molecular weight is 286 g/mol. The van der Waals surface area contributed by atoms with E-state index in [0.717, 1.165) is 17.9 Å². The molecule has 5 heteroatoms. The van der Waals surface area contributed by atoms with E-state index in [9.17, 15) is 14.4 Å². The minimum atomic E-state index is -1.12. The van der Waals surface area contributed by atoms with Crippen LogP contribution in [0.4, 0.5) is 0 Å². The van der Waals surface area contributed by atoms with Crippen LogP contribution in [0.1, 0.15) is 36.6 Å². The first-order valence-electron chi connectivity index (χ1n) is 6.03. The lowest BCUT2D eigenvalue weighted by molar-refractivity contribution is 0.0695. The summed E-state index contributed by atoms with van der Waals surface area (Å²) < 4.78 is 0. The van der Waals surface area contributed by atoms with Crippen LogP contribution in [-0.2, 0) is 0 Å². The van der Waals surface area contributed by atoms with Crippen molar-refractivity contribution in [3.63, 3.8) is 0 Å². The summed E-state index contributed by atoms with van der Waals surface area (Å²) in [5.41, 5.74) is 1.30. The molecule has 0 spiro atoms. The lowest BCUT2D eigenvalue weighted by Gasteiger charge is -2.01. The van der Waals surface area contributed by atoms with E-state index in [2.05, 4.69) is 0 Å². The fourth-order valence-corrected chi connectivity index (χ4v) is 1.52. The minimum Gasteiger partial charge on any atom is -0.478 e. The number of aromatic carboxylic acids is 2. The molecule has 0 bridgehead atoms. The lowest BCUT2D eigenvalue weighted by atomic mass is 10.1. The molecule has 2 N–H and O–H groups in total. The molecular weight excluding hydrogens is 272 g/mol. The fraction of sp³-hybridized carbons (Fsp3) is 0.0625. The highest BCUT2D eigenvalue weighted by atomic mass is 16.4. The van der Waals surface area contributed by atoms with Gasteiger partial charge in [-0.1, -0.05) is 36.4 Å². The zero-order valence-electron chi connectivity index (χ0n) is 11.3. The lowest BCUT2D eigenvalue weighted by Crippen LogP contribution is -2.03. The Morgan fingerprint density at radius 2 is 1.57 bits per heavy atom. The van der Waals surface area contributed by atoms with Gasteiger partial charge >= 0.3 is 11.9 Å². The smallest absolute Gasteiger partial charge is 0.335 e. The van der Waals surface area contributed by atoms with Crippen molar-refractivity contribution in [3.8, 4) is 0 Å². The van der Waals surface area contributed by atoms with E-state index in [1.807, 2.05) is 18.2 Å². The Hall–Kier alpha value is -2.95. The zero-order valence-corrected chi connectivity index (χ0v) is 11.3. The molecule has 0 unspecified atom stereocenters. The highest BCUT2D eigenvalue weighted by Gasteiger charge is 2.10. The maximum absolute atomic E-state index is 10.6. The van der Waals surface area contributed by atoms with Crippen LogP contribution < -0.4 is 0 Å². The number of hydrogen-bond acceptors (Lipinski definition) is 3. The van der Waals surface area contributed by atoms with Crippen LogP contribution in [0.3, 0.4) is 0 Å². The number of aryl methyl sites for hydroxylation is 1. The predicted octanol–water partition coefficient (Wildman–Crippen LogP) is 2.89. The Morgan fingerprint density at radius 1 is 0.952 bits per heavy atom. The predicted molar refractivity (Wildman–Crippen MR) is 76.9 cm³/mol. The third-order valence-corrected chi connectivity index (χ3v) is 2.65. The zero-order chi connectivity index (χ0) is 15.8. The second-order valence-corrected chi connectivity index (χ2v) is 4.17. The monoisotopic (exact) mass is 286 g/mol. The average Bonchev–Trinajstić information content (AvgIpc) is 2.48. The number of hydrogen-bond donors (Lipinski definition) is 2. The van der Waals surface area contributed by atoms with Crippen LogP contribution >= 0.6 is 0 Å². The van der Waals surface area contributed by atoms with E-state index in [1.54, 1.807) is 19.1 Å². The highest BCUT2D eigenvalue weighted by molar-refractivity contribution is 5.94. The Labute approximate surface area is 121 Å².